The molecule has 26 heavy (non-hydrogen) atoms. The number of hydrogen-bond acceptors (Lipinski definition) is 5. The van der Waals surface area contributed by atoms with E-state index in [4.69, 9.17) is 25.5 Å². The van der Waals surface area contributed by atoms with Gasteiger partial charge in [0.1, 0.15) is 22.7 Å². The Kier molecular flexibility index (Phi) is 5.34. The molecule has 0 spiro atoms. The maximum absolute atomic E-state index is 12.4. The van der Waals surface area contributed by atoms with E-state index in [0.29, 0.717) is 31.8 Å². The van der Waals surface area contributed by atoms with Crippen molar-refractivity contribution in [1.29, 1.82) is 0 Å². The predicted molar refractivity (Wildman–Crippen MR) is 101 cm³/mol. The number of hydrogen-bond donors (Lipinski definition) is 0. The molecule has 1 aromatic heterocycles. The quantitative estimate of drug-likeness (QED) is 0.395. The number of furan rings is 1. The van der Waals surface area contributed by atoms with Crippen LogP contribution in [0.15, 0.2) is 45.3 Å². The van der Waals surface area contributed by atoms with Crippen molar-refractivity contribution in [2.24, 2.45) is 0 Å². The highest BCUT2D eigenvalue weighted by Crippen LogP contribution is 2.36. The van der Waals surface area contributed by atoms with E-state index in [1.807, 2.05) is 0 Å². The van der Waals surface area contributed by atoms with Crippen LogP contribution in [0.2, 0.25) is 5.02 Å². The minimum absolute atomic E-state index is 0.244. The summed E-state index contributed by atoms with van der Waals surface area (Å²) in [6.45, 7) is 3.65. The molecule has 0 amide bonds. The molecular weight excluding hydrogens is 424 g/mol. The second-order valence-electron chi connectivity index (χ2n) is 5.40. The highest BCUT2D eigenvalue weighted by Gasteiger charge is 2.22. The van der Waals surface area contributed by atoms with Crippen LogP contribution in [0.4, 0.5) is 0 Å². The van der Waals surface area contributed by atoms with E-state index in [-0.39, 0.29) is 17.9 Å². The van der Waals surface area contributed by atoms with Crippen LogP contribution in [0.1, 0.15) is 33.4 Å². The molecule has 0 aliphatic rings. The summed E-state index contributed by atoms with van der Waals surface area (Å²) in [5.74, 6) is -0.420. The number of ether oxygens (including phenoxy) is 2. The van der Waals surface area contributed by atoms with Gasteiger partial charge in [-0.25, -0.2) is 9.59 Å². The summed E-state index contributed by atoms with van der Waals surface area (Å²) in [7, 11) is 0. The molecule has 0 saturated heterocycles. The van der Waals surface area contributed by atoms with Gasteiger partial charge in [-0.2, -0.15) is 0 Å². The molecule has 0 aliphatic carbocycles. The van der Waals surface area contributed by atoms with Gasteiger partial charge in [0.05, 0.1) is 21.7 Å². The minimum atomic E-state index is -0.603. The number of esters is 2. The lowest BCUT2D eigenvalue weighted by Gasteiger charge is -2.08. The summed E-state index contributed by atoms with van der Waals surface area (Å²) in [5.41, 5.74) is 1.04. The Morgan fingerprint density at radius 3 is 2.62 bits per heavy atom. The predicted octanol–water partition coefficient (Wildman–Crippen LogP) is 5.55. The number of carbonyl (C=O) groups excluding carboxylic acids is 2. The van der Waals surface area contributed by atoms with E-state index >= 15 is 0 Å². The second kappa shape index (κ2) is 7.51. The maximum Gasteiger partial charge on any atom is 0.345 e. The van der Waals surface area contributed by atoms with Crippen molar-refractivity contribution in [3.8, 4) is 5.75 Å². The van der Waals surface area contributed by atoms with Gasteiger partial charge in [0.2, 0.25) is 0 Å². The van der Waals surface area contributed by atoms with Crippen LogP contribution < -0.4 is 4.74 Å². The smallest absolute Gasteiger partial charge is 0.345 e. The van der Waals surface area contributed by atoms with Gasteiger partial charge in [-0.3, -0.25) is 0 Å². The second-order valence-corrected chi connectivity index (χ2v) is 6.66. The molecule has 0 N–H and O–H groups in total. The van der Waals surface area contributed by atoms with Gasteiger partial charge in [-0.05, 0) is 54.0 Å². The van der Waals surface area contributed by atoms with E-state index in [9.17, 15) is 9.59 Å². The number of benzene rings is 2. The number of halogens is 2. The van der Waals surface area contributed by atoms with Crippen molar-refractivity contribution < 1.29 is 23.5 Å². The average molecular weight is 438 g/mol. The Morgan fingerprint density at radius 2 is 1.92 bits per heavy atom. The standard InChI is InChI=1S/C19H14BrClO5/c1-3-24-19(23)17-10(2)25-15-9-13(20)16(8-12(15)17)26-18(22)11-6-4-5-7-14(11)21/h4-9H,3H2,1-2H3. The monoisotopic (exact) mass is 436 g/mol. The third-order valence-corrected chi connectivity index (χ3v) is 4.64. The lowest BCUT2D eigenvalue weighted by Crippen LogP contribution is -2.09. The first-order valence-corrected chi connectivity index (χ1v) is 8.96. The van der Waals surface area contributed by atoms with Crippen LogP contribution in [0.5, 0.6) is 5.75 Å². The van der Waals surface area contributed by atoms with Crippen molar-refractivity contribution in [3.63, 3.8) is 0 Å². The van der Waals surface area contributed by atoms with E-state index < -0.39 is 11.9 Å². The third kappa shape index (κ3) is 3.48. The zero-order valence-electron chi connectivity index (χ0n) is 14.0. The van der Waals surface area contributed by atoms with Gasteiger partial charge in [-0.1, -0.05) is 23.7 Å². The molecule has 134 valence electrons. The van der Waals surface area contributed by atoms with Gasteiger partial charge < -0.3 is 13.9 Å². The molecule has 0 saturated carbocycles. The lowest BCUT2D eigenvalue weighted by atomic mass is 10.1. The number of rotatable bonds is 4. The van der Waals surface area contributed by atoms with E-state index in [0.717, 1.165) is 0 Å². The topological polar surface area (TPSA) is 65.7 Å². The Balaban J connectivity index is 2.02. The summed E-state index contributed by atoms with van der Waals surface area (Å²) in [5, 5.41) is 0.798. The molecule has 0 aliphatic heterocycles. The maximum atomic E-state index is 12.4. The van der Waals surface area contributed by atoms with Crippen LogP contribution in [-0.4, -0.2) is 18.5 Å². The summed E-state index contributed by atoms with van der Waals surface area (Å²) in [6.07, 6.45) is 0. The van der Waals surface area contributed by atoms with Crippen molar-refractivity contribution in [1.82, 2.24) is 0 Å². The molecule has 2 aromatic carbocycles. The fourth-order valence-corrected chi connectivity index (χ4v) is 3.15. The van der Waals surface area contributed by atoms with E-state index in [1.165, 1.54) is 0 Å². The summed E-state index contributed by atoms with van der Waals surface area (Å²) < 4.78 is 16.7. The highest BCUT2D eigenvalue weighted by atomic mass is 79.9. The third-order valence-electron chi connectivity index (χ3n) is 3.69. The first kappa shape index (κ1) is 18.5. The zero-order valence-corrected chi connectivity index (χ0v) is 16.3. The molecule has 0 atom stereocenters. The number of fused-ring (bicyclic) bond motifs is 1. The molecule has 0 radical (unpaired) electrons. The van der Waals surface area contributed by atoms with E-state index in [2.05, 4.69) is 15.9 Å². The normalized spacial score (nSPS) is 10.8. The molecule has 3 aromatic rings. The molecular formula is C19H14BrClO5. The van der Waals surface area contributed by atoms with Crippen LogP contribution in [0.25, 0.3) is 11.0 Å². The largest absolute Gasteiger partial charge is 0.462 e. The van der Waals surface area contributed by atoms with Crippen molar-refractivity contribution in [2.45, 2.75) is 13.8 Å². The molecule has 0 unspecified atom stereocenters. The molecule has 7 heteroatoms. The van der Waals surface area contributed by atoms with Gasteiger partial charge in [-0.15, -0.1) is 0 Å². The SMILES string of the molecule is CCOC(=O)c1c(C)oc2cc(Br)c(OC(=O)c3ccccc3Cl)cc12. The highest BCUT2D eigenvalue weighted by molar-refractivity contribution is 9.10. The molecule has 3 rings (SSSR count). The van der Waals surface area contributed by atoms with Crippen molar-refractivity contribution >= 4 is 50.4 Å². The fourth-order valence-electron chi connectivity index (χ4n) is 2.54. The van der Waals surface area contributed by atoms with Gasteiger partial charge in [0.15, 0.2) is 0 Å². The molecule has 1 heterocycles. The van der Waals surface area contributed by atoms with Crippen LogP contribution in [0, 0.1) is 6.92 Å². The average Bonchev–Trinajstić information content (AvgIpc) is 2.90. The first-order valence-electron chi connectivity index (χ1n) is 7.78. The van der Waals surface area contributed by atoms with Gasteiger partial charge >= 0.3 is 11.9 Å². The summed E-state index contributed by atoms with van der Waals surface area (Å²) in [4.78, 5) is 24.6. The number of carbonyl (C=O) groups is 2. The Labute approximate surface area is 163 Å². The van der Waals surface area contributed by atoms with Gasteiger partial charge in [0, 0.05) is 5.39 Å². The van der Waals surface area contributed by atoms with Crippen LogP contribution >= 0.6 is 27.5 Å². The summed E-state index contributed by atoms with van der Waals surface area (Å²) >= 11 is 9.39. The zero-order chi connectivity index (χ0) is 18.8. The Hall–Kier alpha value is -2.31. The van der Waals surface area contributed by atoms with Crippen molar-refractivity contribution in [2.75, 3.05) is 6.61 Å². The lowest BCUT2D eigenvalue weighted by molar-refractivity contribution is 0.0526. The Bertz CT molecular complexity index is 1010. The van der Waals surface area contributed by atoms with Crippen molar-refractivity contribution in [3.05, 3.63) is 62.8 Å². The van der Waals surface area contributed by atoms with Gasteiger partial charge in [0.25, 0.3) is 0 Å². The molecule has 0 bridgehead atoms. The molecule has 0 fully saturated rings. The molecule has 5 nitrogen and oxygen atoms in total. The van der Waals surface area contributed by atoms with E-state index in [1.54, 1.807) is 50.2 Å². The Morgan fingerprint density at radius 1 is 1.19 bits per heavy atom. The summed E-state index contributed by atoms with van der Waals surface area (Å²) in [6, 6.07) is 9.80. The first-order chi connectivity index (χ1) is 12.4. The minimum Gasteiger partial charge on any atom is -0.462 e. The van der Waals surface area contributed by atoms with Crippen LogP contribution in [-0.2, 0) is 4.74 Å². The number of aryl methyl sites for hydroxylation is 1. The van der Waals surface area contributed by atoms with Crippen LogP contribution in [0.3, 0.4) is 0 Å². The fraction of sp³-hybridized carbons (Fsp3) is 0.158.